The van der Waals surface area contributed by atoms with Crippen LogP contribution in [0, 0.1) is 5.92 Å². The van der Waals surface area contributed by atoms with E-state index in [0.29, 0.717) is 36.7 Å². The molecule has 1 aromatic rings. The minimum Gasteiger partial charge on any atom is -0.469 e. The second-order valence-corrected chi connectivity index (χ2v) is 6.72. The number of hydrogen-bond acceptors (Lipinski definition) is 4. The van der Waals surface area contributed by atoms with Gasteiger partial charge in [0.15, 0.2) is 0 Å². The molecule has 1 aliphatic rings. The van der Waals surface area contributed by atoms with Gasteiger partial charge in [0.05, 0.1) is 18.8 Å². The Kier molecular flexibility index (Phi) is 6.58. The van der Waals surface area contributed by atoms with Crippen molar-refractivity contribution in [3.05, 3.63) is 34.9 Å². The van der Waals surface area contributed by atoms with Gasteiger partial charge in [0.1, 0.15) is 0 Å². The number of methoxy groups -OCH3 is 1. The van der Waals surface area contributed by atoms with Gasteiger partial charge in [0.25, 0.3) is 0 Å². The zero-order valence-corrected chi connectivity index (χ0v) is 14.2. The van der Waals surface area contributed by atoms with Crippen molar-refractivity contribution in [2.24, 2.45) is 5.92 Å². The summed E-state index contributed by atoms with van der Waals surface area (Å²) in [5.74, 6) is 1.13. The van der Waals surface area contributed by atoms with Gasteiger partial charge in [-0.15, -0.1) is 11.8 Å². The van der Waals surface area contributed by atoms with Gasteiger partial charge in [-0.05, 0) is 30.5 Å². The molecule has 0 aliphatic carbocycles. The summed E-state index contributed by atoms with van der Waals surface area (Å²) in [7, 11) is 1.41. The van der Waals surface area contributed by atoms with Gasteiger partial charge in [-0.1, -0.05) is 23.7 Å². The molecule has 6 heteroatoms. The third-order valence-electron chi connectivity index (χ3n) is 3.77. The summed E-state index contributed by atoms with van der Waals surface area (Å²) < 4.78 is 4.75. The number of rotatable bonds is 5. The molecular weight excluding hydrogens is 322 g/mol. The Morgan fingerprint density at radius 1 is 1.36 bits per heavy atom. The van der Waals surface area contributed by atoms with Gasteiger partial charge in [0, 0.05) is 23.9 Å². The Hall–Kier alpha value is -1.20. The van der Waals surface area contributed by atoms with E-state index < -0.39 is 0 Å². The fraction of sp³-hybridized carbons (Fsp3) is 0.500. The molecule has 0 saturated carbocycles. The van der Waals surface area contributed by atoms with Crippen molar-refractivity contribution in [2.75, 3.05) is 26.0 Å². The monoisotopic (exact) mass is 341 g/mol. The van der Waals surface area contributed by atoms with Gasteiger partial charge in [-0.25, -0.2) is 0 Å². The zero-order valence-electron chi connectivity index (χ0n) is 12.6. The summed E-state index contributed by atoms with van der Waals surface area (Å²) in [5.41, 5.74) is 1.12. The van der Waals surface area contributed by atoms with Crippen LogP contribution in [0.5, 0.6) is 0 Å². The number of hydrogen-bond donors (Lipinski definition) is 0. The van der Waals surface area contributed by atoms with E-state index in [2.05, 4.69) is 0 Å². The SMILES string of the molecule is COC(=O)C1CCN(C(=O)CSCc2cccc(Cl)c2)CC1. The van der Waals surface area contributed by atoms with Crippen molar-refractivity contribution >= 4 is 35.2 Å². The number of esters is 1. The number of thioether (sulfide) groups is 1. The van der Waals surface area contributed by atoms with Crippen molar-refractivity contribution < 1.29 is 14.3 Å². The summed E-state index contributed by atoms with van der Waals surface area (Å²) in [4.78, 5) is 25.5. The lowest BCUT2D eigenvalue weighted by atomic mass is 9.97. The van der Waals surface area contributed by atoms with E-state index in [4.69, 9.17) is 16.3 Å². The minimum atomic E-state index is -0.164. The maximum atomic E-state index is 12.2. The van der Waals surface area contributed by atoms with Crippen LogP contribution in [0.25, 0.3) is 0 Å². The molecule has 0 aromatic heterocycles. The highest BCUT2D eigenvalue weighted by atomic mass is 35.5. The molecule has 0 atom stereocenters. The maximum absolute atomic E-state index is 12.2. The quantitative estimate of drug-likeness (QED) is 0.772. The van der Waals surface area contributed by atoms with Crippen LogP contribution in [0.4, 0.5) is 0 Å². The number of ether oxygens (including phenoxy) is 1. The highest BCUT2D eigenvalue weighted by Crippen LogP contribution is 2.21. The molecule has 1 heterocycles. The lowest BCUT2D eigenvalue weighted by Gasteiger charge is -2.30. The Morgan fingerprint density at radius 2 is 2.09 bits per heavy atom. The molecule has 1 aliphatic heterocycles. The number of carbonyl (C=O) groups excluding carboxylic acids is 2. The van der Waals surface area contributed by atoms with Crippen LogP contribution in [0.1, 0.15) is 18.4 Å². The van der Waals surface area contributed by atoms with Gasteiger partial charge in [0.2, 0.25) is 5.91 Å². The maximum Gasteiger partial charge on any atom is 0.308 e. The molecule has 120 valence electrons. The predicted octanol–water partition coefficient (Wildman–Crippen LogP) is 2.98. The van der Waals surface area contributed by atoms with Gasteiger partial charge in [-0.3, -0.25) is 9.59 Å². The fourth-order valence-corrected chi connectivity index (χ4v) is 3.59. The van der Waals surface area contributed by atoms with Gasteiger partial charge in [-0.2, -0.15) is 0 Å². The Labute approximate surface area is 140 Å². The normalized spacial score (nSPS) is 15.6. The molecule has 1 aromatic carbocycles. The van der Waals surface area contributed by atoms with Crippen LogP contribution in [-0.4, -0.2) is 42.7 Å². The first-order valence-electron chi connectivity index (χ1n) is 7.28. The summed E-state index contributed by atoms with van der Waals surface area (Å²) in [6.45, 7) is 1.27. The first kappa shape index (κ1) is 17.2. The Balaban J connectivity index is 1.71. The number of amides is 1. The average molecular weight is 342 g/mol. The van der Waals surface area contributed by atoms with Crippen LogP contribution < -0.4 is 0 Å². The highest BCUT2D eigenvalue weighted by Gasteiger charge is 2.27. The largest absolute Gasteiger partial charge is 0.469 e. The van der Waals surface area contributed by atoms with Gasteiger partial charge >= 0.3 is 5.97 Å². The molecule has 4 nitrogen and oxygen atoms in total. The number of benzene rings is 1. The summed E-state index contributed by atoms with van der Waals surface area (Å²) >= 11 is 7.52. The highest BCUT2D eigenvalue weighted by molar-refractivity contribution is 7.99. The smallest absolute Gasteiger partial charge is 0.308 e. The van der Waals surface area contributed by atoms with E-state index in [-0.39, 0.29) is 17.8 Å². The molecule has 0 bridgehead atoms. The first-order valence-corrected chi connectivity index (χ1v) is 8.81. The number of piperidine rings is 1. The Bertz CT molecular complexity index is 530. The van der Waals surface area contributed by atoms with Gasteiger partial charge < -0.3 is 9.64 Å². The van der Waals surface area contributed by atoms with Crippen LogP contribution in [0.2, 0.25) is 5.02 Å². The summed E-state index contributed by atoms with van der Waals surface area (Å²) in [6, 6.07) is 7.68. The molecule has 0 N–H and O–H groups in total. The van der Waals surface area contributed by atoms with E-state index in [1.165, 1.54) is 7.11 Å². The predicted molar refractivity (Wildman–Crippen MR) is 88.9 cm³/mol. The van der Waals surface area contributed by atoms with E-state index in [1.54, 1.807) is 11.8 Å². The van der Waals surface area contributed by atoms with E-state index >= 15 is 0 Å². The van der Waals surface area contributed by atoms with Crippen LogP contribution >= 0.6 is 23.4 Å². The van der Waals surface area contributed by atoms with Crippen molar-refractivity contribution in [3.63, 3.8) is 0 Å². The molecular formula is C16H20ClNO3S. The molecule has 0 radical (unpaired) electrons. The summed E-state index contributed by atoms with van der Waals surface area (Å²) in [6.07, 6.45) is 1.38. The van der Waals surface area contributed by atoms with Crippen LogP contribution in [0.15, 0.2) is 24.3 Å². The second kappa shape index (κ2) is 8.44. The molecule has 1 saturated heterocycles. The third kappa shape index (κ3) is 4.92. The standard InChI is InChI=1S/C16H20ClNO3S/c1-21-16(20)13-5-7-18(8-6-13)15(19)11-22-10-12-3-2-4-14(17)9-12/h2-4,9,13H,5-8,10-11H2,1H3. The molecule has 1 fully saturated rings. The van der Waals surface area contributed by atoms with Crippen LogP contribution in [-0.2, 0) is 20.1 Å². The number of halogens is 1. The topological polar surface area (TPSA) is 46.6 Å². The summed E-state index contributed by atoms with van der Waals surface area (Å²) in [5, 5.41) is 0.717. The molecule has 22 heavy (non-hydrogen) atoms. The number of nitrogens with zero attached hydrogens (tertiary/aromatic N) is 1. The number of carbonyl (C=O) groups is 2. The second-order valence-electron chi connectivity index (χ2n) is 5.30. The lowest BCUT2D eigenvalue weighted by molar-refractivity contribution is -0.148. The van der Waals surface area contributed by atoms with E-state index in [0.717, 1.165) is 11.3 Å². The number of likely N-dealkylation sites (tertiary alicyclic amines) is 1. The van der Waals surface area contributed by atoms with E-state index in [1.807, 2.05) is 29.2 Å². The first-order chi connectivity index (χ1) is 10.6. The lowest BCUT2D eigenvalue weighted by Crippen LogP contribution is -2.41. The molecule has 1 amide bonds. The van der Waals surface area contributed by atoms with Crippen LogP contribution in [0.3, 0.4) is 0 Å². The Morgan fingerprint density at radius 3 is 2.73 bits per heavy atom. The molecule has 2 rings (SSSR count). The van der Waals surface area contributed by atoms with E-state index in [9.17, 15) is 9.59 Å². The fourth-order valence-electron chi connectivity index (χ4n) is 2.51. The molecule has 0 spiro atoms. The third-order valence-corrected chi connectivity index (χ3v) is 4.99. The molecule has 0 unspecified atom stereocenters. The minimum absolute atomic E-state index is 0.0619. The average Bonchev–Trinajstić information content (AvgIpc) is 2.54. The zero-order chi connectivity index (χ0) is 15.9. The van der Waals surface area contributed by atoms with Crippen molar-refractivity contribution in [1.82, 2.24) is 4.90 Å². The van der Waals surface area contributed by atoms with Crippen molar-refractivity contribution in [2.45, 2.75) is 18.6 Å². The van der Waals surface area contributed by atoms with Crippen molar-refractivity contribution in [3.8, 4) is 0 Å². The van der Waals surface area contributed by atoms with Crippen molar-refractivity contribution in [1.29, 1.82) is 0 Å².